The molecule has 0 aliphatic heterocycles. The number of halogens is 2. The van der Waals surface area contributed by atoms with E-state index >= 15 is 0 Å². The number of aliphatic hydroxyl groups is 1. The molecule has 6 nitrogen and oxygen atoms in total. The first-order valence-corrected chi connectivity index (χ1v) is 8.10. The molecule has 1 N–H and O–H groups in total. The predicted octanol–water partition coefficient (Wildman–Crippen LogP) is 1.10. The molecule has 0 fully saturated rings. The van der Waals surface area contributed by atoms with Gasteiger partial charge in [0, 0.05) is 12.5 Å². The third kappa shape index (κ3) is 8.65. The highest BCUT2D eigenvalue weighted by Gasteiger charge is 2.28. The van der Waals surface area contributed by atoms with E-state index < -0.39 is 33.2 Å². The van der Waals surface area contributed by atoms with Gasteiger partial charge in [0.15, 0.2) is 9.84 Å². The summed E-state index contributed by atoms with van der Waals surface area (Å²) in [7, 11) is -3.48. The van der Waals surface area contributed by atoms with Crippen LogP contribution in [-0.4, -0.2) is 53.2 Å². The fourth-order valence-electron chi connectivity index (χ4n) is 1.13. The van der Waals surface area contributed by atoms with E-state index in [0.717, 1.165) is 3.94 Å². The van der Waals surface area contributed by atoms with E-state index in [1.54, 1.807) is 13.8 Å². The Balaban J connectivity index is 4.30. The minimum Gasteiger partial charge on any atom is -0.463 e. The van der Waals surface area contributed by atoms with Crippen LogP contribution in [0.3, 0.4) is 0 Å². The van der Waals surface area contributed by atoms with Crippen molar-refractivity contribution < 1.29 is 23.1 Å². The highest BCUT2D eigenvalue weighted by molar-refractivity contribution is 7.91. The van der Waals surface area contributed by atoms with Gasteiger partial charge >= 0.3 is 5.97 Å². The predicted molar refractivity (Wildman–Crippen MR) is 73.5 cm³/mol. The molecule has 0 aromatic heterocycles. The molecule has 0 amide bonds. The lowest BCUT2D eigenvalue weighted by Gasteiger charge is -2.27. The van der Waals surface area contributed by atoms with Crippen molar-refractivity contribution in [2.75, 3.05) is 18.1 Å². The molecule has 0 spiro atoms. The van der Waals surface area contributed by atoms with Gasteiger partial charge in [0.25, 0.3) is 0 Å². The number of hydrogen-bond donors (Lipinski definition) is 1. The number of sulfone groups is 1. The maximum Gasteiger partial charge on any atom is 0.302 e. The minimum absolute atomic E-state index is 0.174. The van der Waals surface area contributed by atoms with Crippen LogP contribution in [0.5, 0.6) is 0 Å². The van der Waals surface area contributed by atoms with Gasteiger partial charge < -0.3 is 9.84 Å². The number of carbonyl (C=O) groups excluding carboxylic acids is 1. The second kappa shape index (κ2) is 7.64. The van der Waals surface area contributed by atoms with Gasteiger partial charge in [-0.05, 0) is 43.8 Å². The average molecular weight is 336 g/mol. The number of aliphatic hydroxyl groups excluding tert-OH is 1. The van der Waals surface area contributed by atoms with E-state index in [-0.39, 0.29) is 18.8 Å². The van der Waals surface area contributed by atoms with E-state index in [9.17, 15) is 18.3 Å². The van der Waals surface area contributed by atoms with Gasteiger partial charge in [-0.3, -0.25) is 4.79 Å². The van der Waals surface area contributed by atoms with Gasteiger partial charge in [0.05, 0.1) is 11.5 Å². The topological polar surface area (TPSA) is 83.9 Å². The average Bonchev–Trinajstić information content (AvgIpc) is 2.23. The van der Waals surface area contributed by atoms with E-state index in [1.165, 1.54) is 6.92 Å². The summed E-state index contributed by atoms with van der Waals surface area (Å²) in [6.45, 7) is 4.23. The first kappa shape index (κ1) is 18.9. The zero-order valence-electron chi connectivity index (χ0n) is 11.1. The molecule has 0 radical (unpaired) electrons. The van der Waals surface area contributed by atoms with Crippen molar-refractivity contribution in [1.29, 1.82) is 0 Å². The van der Waals surface area contributed by atoms with Crippen molar-refractivity contribution in [3.05, 3.63) is 0 Å². The highest BCUT2D eigenvalue weighted by Crippen LogP contribution is 2.24. The molecule has 1 unspecified atom stereocenters. The number of rotatable bonds is 8. The molecule has 1 atom stereocenters. The van der Waals surface area contributed by atoms with Crippen LogP contribution in [0.25, 0.3) is 0 Å². The molecule has 0 saturated heterocycles. The van der Waals surface area contributed by atoms with Crippen LogP contribution in [-0.2, 0) is 19.4 Å². The van der Waals surface area contributed by atoms with Gasteiger partial charge in [-0.25, -0.2) is 8.42 Å². The van der Waals surface area contributed by atoms with E-state index in [4.69, 9.17) is 23.6 Å². The summed E-state index contributed by atoms with van der Waals surface area (Å²) < 4.78 is 28.9. The van der Waals surface area contributed by atoms with Crippen LogP contribution >= 0.6 is 23.6 Å². The number of esters is 1. The van der Waals surface area contributed by atoms with Gasteiger partial charge in [0.1, 0.15) is 12.7 Å². The zero-order valence-corrected chi connectivity index (χ0v) is 13.4. The van der Waals surface area contributed by atoms with Crippen molar-refractivity contribution in [1.82, 2.24) is 3.94 Å². The molecule has 0 aliphatic carbocycles. The molecule has 0 aromatic carbocycles. The van der Waals surface area contributed by atoms with Crippen molar-refractivity contribution in [2.45, 2.75) is 38.8 Å². The smallest absolute Gasteiger partial charge is 0.302 e. The molecule has 0 saturated carbocycles. The highest BCUT2D eigenvalue weighted by atomic mass is 35.5. The summed E-state index contributed by atoms with van der Waals surface area (Å²) in [5.41, 5.74) is -0.697. The number of ether oxygens (including phenoxy) is 1. The van der Waals surface area contributed by atoms with E-state index in [1.807, 2.05) is 0 Å². The lowest BCUT2D eigenvalue weighted by atomic mass is 10.0. The van der Waals surface area contributed by atoms with Crippen molar-refractivity contribution in [2.24, 2.45) is 0 Å². The third-order valence-corrected chi connectivity index (χ3v) is 5.04. The van der Waals surface area contributed by atoms with Crippen LogP contribution < -0.4 is 0 Å². The number of hydrogen-bond acceptors (Lipinski definition) is 6. The molecular formula is C10H19Cl2NO5S. The normalized spacial score (nSPS) is 14.5. The third-order valence-electron chi connectivity index (χ3n) is 2.41. The van der Waals surface area contributed by atoms with Crippen LogP contribution in [0, 0.1) is 0 Å². The van der Waals surface area contributed by atoms with Gasteiger partial charge in [-0.15, -0.1) is 3.94 Å². The molecule has 9 heteroatoms. The van der Waals surface area contributed by atoms with Crippen molar-refractivity contribution in [3.8, 4) is 0 Å². The summed E-state index contributed by atoms with van der Waals surface area (Å²) >= 11 is 11.2. The number of carbonyl (C=O) groups is 1. The maximum absolute atomic E-state index is 11.7. The Labute approximate surface area is 123 Å². The molecule has 0 bridgehead atoms. The largest absolute Gasteiger partial charge is 0.463 e. The Morgan fingerprint density at radius 1 is 1.42 bits per heavy atom. The van der Waals surface area contributed by atoms with Crippen LogP contribution in [0.2, 0.25) is 0 Å². The molecule has 0 aliphatic rings. The Hall–Kier alpha value is -0.0800. The molecular weight excluding hydrogens is 317 g/mol. The van der Waals surface area contributed by atoms with Crippen LogP contribution in [0.1, 0.15) is 27.2 Å². The molecule has 0 aromatic rings. The van der Waals surface area contributed by atoms with Crippen LogP contribution in [0.4, 0.5) is 0 Å². The fourth-order valence-corrected chi connectivity index (χ4v) is 2.96. The monoisotopic (exact) mass is 335 g/mol. The molecule has 0 heterocycles. The van der Waals surface area contributed by atoms with Crippen molar-refractivity contribution >= 4 is 39.4 Å². The first-order valence-electron chi connectivity index (χ1n) is 5.60. The summed E-state index contributed by atoms with van der Waals surface area (Å²) in [6, 6.07) is 0. The standard InChI is InChI=1S/C10H19Cl2NO5S/c1-8(14)18-6-9(15)7-19(16,17)5-4-10(2,3)13(11)12/h9,15H,4-7H2,1-3H3. The fraction of sp³-hybridized carbons (Fsp3) is 0.900. The quantitative estimate of drug-likeness (QED) is 0.528. The van der Waals surface area contributed by atoms with Gasteiger partial charge in [-0.2, -0.15) is 0 Å². The lowest BCUT2D eigenvalue weighted by molar-refractivity contribution is -0.143. The van der Waals surface area contributed by atoms with Crippen molar-refractivity contribution in [3.63, 3.8) is 0 Å². The Morgan fingerprint density at radius 2 is 1.95 bits per heavy atom. The van der Waals surface area contributed by atoms with Gasteiger partial charge in [0.2, 0.25) is 0 Å². The maximum atomic E-state index is 11.7. The first-order chi connectivity index (χ1) is 8.46. The minimum atomic E-state index is -3.48. The second-order valence-corrected chi connectivity index (χ2v) is 7.94. The second-order valence-electron chi connectivity index (χ2n) is 4.87. The van der Waals surface area contributed by atoms with Gasteiger partial charge in [-0.1, -0.05) is 0 Å². The molecule has 114 valence electrons. The summed E-state index contributed by atoms with van der Waals surface area (Å²) in [5, 5.41) is 9.45. The molecule has 0 rings (SSSR count). The SMILES string of the molecule is CC(=O)OCC(O)CS(=O)(=O)CCC(C)(C)N(Cl)Cl. The summed E-state index contributed by atoms with van der Waals surface area (Å²) in [4.78, 5) is 10.5. The summed E-state index contributed by atoms with van der Waals surface area (Å²) in [5.74, 6) is -1.22. The Kier molecular flexibility index (Phi) is 7.60. The van der Waals surface area contributed by atoms with E-state index in [2.05, 4.69) is 4.74 Å². The summed E-state index contributed by atoms with van der Waals surface area (Å²) in [6.07, 6.45) is -1.03. The van der Waals surface area contributed by atoms with E-state index in [0.29, 0.717) is 0 Å². The lowest BCUT2D eigenvalue weighted by Crippen LogP contribution is -2.35. The molecule has 19 heavy (non-hydrogen) atoms. The zero-order chi connectivity index (χ0) is 15.3. The number of nitrogens with zero attached hydrogens (tertiary/aromatic N) is 1. The Morgan fingerprint density at radius 3 is 2.37 bits per heavy atom. The Bertz CT molecular complexity index is 397. The van der Waals surface area contributed by atoms with Crippen LogP contribution in [0.15, 0.2) is 0 Å².